The van der Waals surface area contributed by atoms with Crippen LogP contribution in [-0.4, -0.2) is 28.4 Å². The second-order valence-electron chi connectivity index (χ2n) is 4.25. The number of likely N-dealkylation sites (tertiary alicyclic amines) is 1. The molecule has 1 saturated heterocycles. The summed E-state index contributed by atoms with van der Waals surface area (Å²) in [5, 5.41) is 8.87. The van der Waals surface area contributed by atoms with E-state index in [1.54, 1.807) is 6.07 Å². The maximum atomic E-state index is 12.9. The third kappa shape index (κ3) is 2.69. The number of carboxylic acids is 1. The minimum atomic E-state index is -0.955. The molecule has 1 fully saturated rings. The van der Waals surface area contributed by atoms with Gasteiger partial charge in [0.15, 0.2) is 0 Å². The first-order valence-electron chi connectivity index (χ1n) is 5.42. The van der Waals surface area contributed by atoms with Crippen molar-refractivity contribution in [1.82, 2.24) is 4.90 Å². The van der Waals surface area contributed by atoms with Gasteiger partial charge in [0.05, 0.1) is 5.92 Å². The zero-order chi connectivity index (χ0) is 13.3. The Morgan fingerprint density at radius 2 is 2.28 bits per heavy atom. The van der Waals surface area contributed by atoms with Gasteiger partial charge in [-0.2, -0.15) is 0 Å². The first kappa shape index (κ1) is 13.0. The Balaban J connectivity index is 2.10. The number of halogens is 2. The van der Waals surface area contributed by atoms with Gasteiger partial charge in [-0.1, -0.05) is 22.0 Å². The van der Waals surface area contributed by atoms with Crippen LogP contribution < -0.4 is 0 Å². The highest BCUT2D eigenvalue weighted by Gasteiger charge is 2.34. The van der Waals surface area contributed by atoms with E-state index in [2.05, 4.69) is 15.9 Å². The Labute approximate surface area is 112 Å². The fourth-order valence-corrected chi connectivity index (χ4v) is 2.42. The molecular weight excluding hydrogens is 305 g/mol. The van der Waals surface area contributed by atoms with Crippen LogP contribution in [0.1, 0.15) is 12.0 Å². The molecule has 96 valence electrons. The molecule has 1 aromatic carbocycles. The molecule has 0 bridgehead atoms. The van der Waals surface area contributed by atoms with E-state index in [0.717, 1.165) is 5.56 Å². The number of nitrogens with zero attached hydrogens (tertiary/aromatic N) is 1. The molecule has 0 spiro atoms. The molecule has 18 heavy (non-hydrogen) atoms. The van der Waals surface area contributed by atoms with E-state index in [0.29, 0.717) is 11.0 Å². The second kappa shape index (κ2) is 5.06. The van der Waals surface area contributed by atoms with Crippen molar-refractivity contribution in [2.75, 3.05) is 6.54 Å². The topological polar surface area (TPSA) is 57.6 Å². The normalized spacial score (nSPS) is 19.3. The summed E-state index contributed by atoms with van der Waals surface area (Å²) in [5.41, 5.74) is 0.760. The average Bonchev–Trinajstić information content (AvgIpc) is 2.64. The average molecular weight is 316 g/mol. The van der Waals surface area contributed by atoms with E-state index in [9.17, 15) is 14.0 Å². The van der Waals surface area contributed by atoms with Gasteiger partial charge >= 0.3 is 5.97 Å². The number of carbonyl (C=O) groups is 2. The Morgan fingerprint density at radius 1 is 1.56 bits per heavy atom. The molecule has 0 saturated carbocycles. The predicted octanol–water partition coefficient (Wildman–Crippen LogP) is 2.02. The van der Waals surface area contributed by atoms with Crippen molar-refractivity contribution in [2.24, 2.45) is 5.92 Å². The highest BCUT2D eigenvalue weighted by Crippen LogP contribution is 2.24. The zero-order valence-electron chi connectivity index (χ0n) is 9.40. The van der Waals surface area contributed by atoms with Gasteiger partial charge in [-0.15, -0.1) is 0 Å². The van der Waals surface area contributed by atoms with Crippen LogP contribution in [0.25, 0.3) is 0 Å². The van der Waals surface area contributed by atoms with Crippen molar-refractivity contribution in [3.05, 3.63) is 34.1 Å². The van der Waals surface area contributed by atoms with Crippen LogP contribution in [0.4, 0.5) is 4.39 Å². The maximum absolute atomic E-state index is 12.9. The molecule has 1 aromatic rings. The highest BCUT2D eigenvalue weighted by atomic mass is 79.9. The number of benzene rings is 1. The van der Waals surface area contributed by atoms with Crippen LogP contribution in [-0.2, 0) is 16.1 Å². The lowest BCUT2D eigenvalue weighted by Gasteiger charge is -2.17. The zero-order valence-corrected chi connectivity index (χ0v) is 11.0. The second-order valence-corrected chi connectivity index (χ2v) is 5.10. The van der Waals surface area contributed by atoms with Gasteiger partial charge in [-0.3, -0.25) is 9.59 Å². The molecule has 1 aliphatic rings. The van der Waals surface area contributed by atoms with Crippen molar-refractivity contribution in [3.63, 3.8) is 0 Å². The SMILES string of the molecule is O=C(O)C1CC(=O)N(Cc2ccc(F)cc2Br)C1. The molecular formula is C12H11BrFNO3. The Kier molecular flexibility index (Phi) is 3.65. The molecule has 1 unspecified atom stereocenters. The van der Waals surface area contributed by atoms with Crippen LogP contribution in [0.2, 0.25) is 0 Å². The van der Waals surface area contributed by atoms with Crippen molar-refractivity contribution < 1.29 is 19.1 Å². The maximum Gasteiger partial charge on any atom is 0.308 e. The standard InChI is InChI=1S/C12H11BrFNO3/c13-10-4-9(14)2-1-7(10)5-15-6-8(12(17)18)3-11(15)16/h1-2,4,8H,3,5-6H2,(H,17,18). The number of hydrogen-bond acceptors (Lipinski definition) is 2. The lowest BCUT2D eigenvalue weighted by molar-refractivity contribution is -0.141. The Morgan fingerprint density at radius 3 is 2.83 bits per heavy atom. The van der Waals surface area contributed by atoms with Crippen molar-refractivity contribution in [2.45, 2.75) is 13.0 Å². The molecule has 0 aromatic heterocycles. The number of hydrogen-bond donors (Lipinski definition) is 1. The Bertz CT molecular complexity index is 506. The van der Waals surface area contributed by atoms with E-state index < -0.39 is 11.9 Å². The van der Waals surface area contributed by atoms with Gasteiger partial charge in [-0.25, -0.2) is 4.39 Å². The molecule has 1 aliphatic heterocycles. The molecule has 0 radical (unpaired) electrons. The first-order valence-corrected chi connectivity index (χ1v) is 6.21. The predicted molar refractivity (Wildman–Crippen MR) is 65.3 cm³/mol. The summed E-state index contributed by atoms with van der Waals surface area (Å²) in [4.78, 5) is 23.9. The quantitative estimate of drug-likeness (QED) is 0.928. The monoisotopic (exact) mass is 315 g/mol. The number of carboxylic acid groups (broad SMARTS) is 1. The third-order valence-corrected chi connectivity index (χ3v) is 3.68. The minimum Gasteiger partial charge on any atom is -0.481 e. The van der Waals surface area contributed by atoms with E-state index in [-0.39, 0.29) is 24.7 Å². The van der Waals surface area contributed by atoms with Crippen molar-refractivity contribution in [1.29, 1.82) is 0 Å². The van der Waals surface area contributed by atoms with Crippen molar-refractivity contribution >= 4 is 27.8 Å². The summed E-state index contributed by atoms with van der Waals surface area (Å²) < 4.78 is 13.5. The van der Waals surface area contributed by atoms with Crippen LogP contribution in [0.15, 0.2) is 22.7 Å². The summed E-state index contributed by atoms with van der Waals surface area (Å²) in [5.74, 6) is -2.14. The van der Waals surface area contributed by atoms with Crippen LogP contribution in [0, 0.1) is 11.7 Å². The van der Waals surface area contributed by atoms with Gasteiger partial charge < -0.3 is 10.0 Å². The number of rotatable bonds is 3. The molecule has 1 amide bonds. The number of carbonyl (C=O) groups excluding carboxylic acids is 1. The highest BCUT2D eigenvalue weighted by molar-refractivity contribution is 9.10. The minimum absolute atomic E-state index is 0.0359. The van der Waals surface area contributed by atoms with Gasteiger partial charge in [0.1, 0.15) is 5.82 Å². The lowest BCUT2D eigenvalue weighted by atomic mass is 10.1. The van der Waals surface area contributed by atoms with Gasteiger partial charge in [0.25, 0.3) is 0 Å². The molecule has 0 aliphatic carbocycles. The lowest BCUT2D eigenvalue weighted by Crippen LogP contribution is -2.25. The fraction of sp³-hybridized carbons (Fsp3) is 0.333. The molecule has 2 rings (SSSR count). The molecule has 1 N–H and O–H groups in total. The van der Waals surface area contributed by atoms with Crippen LogP contribution in [0.3, 0.4) is 0 Å². The van der Waals surface area contributed by atoms with E-state index in [1.807, 2.05) is 0 Å². The summed E-state index contributed by atoms with van der Waals surface area (Å²) in [6.07, 6.45) is 0.0359. The number of aliphatic carboxylic acids is 1. The smallest absolute Gasteiger partial charge is 0.308 e. The largest absolute Gasteiger partial charge is 0.481 e. The van der Waals surface area contributed by atoms with Crippen LogP contribution in [0.5, 0.6) is 0 Å². The van der Waals surface area contributed by atoms with E-state index in [4.69, 9.17) is 5.11 Å². The Hall–Kier alpha value is -1.43. The van der Waals surface area contributed by atoms with Crippen LogP contribution >= 0.6 is 15.9 Å². The number of amides is 1. The van der Waals surface area contributed by atoms with Crippen molar-refractivity contribution in [3.8, 4) is 0 Å². The van der Waals surface area contributed by atoms with Gasteiger partial charge in [-0.05, 0) is 17.7 Å². The molecule has 1 atom stereocenters. The fourth-order valence-electron chi connectivity index (χ4n) is 1.95. The molecule has 1 heterocycles. The third-order valence-electron chi connectivity index (χ3n) is 2.94. The summed E-state index contributed by atoms with van der Waals surface area (Å²) in [7, 11) is 0. The molecule has 4 nitrogen and oxygen atoms in total. The summed E-state index contributed by atoms with van der Waals surface area (Å²) in [6, 6.07) is 4.22. The summed E-state index contributed by atoms with van der Waals surface area (Å²) in [6.45, 7) is 0.501. The van der Waals surface area contributed by atoms with Gasteiger partial charge in [0.2, 0.25) is 5.91 Å². The van der Waals surface area contributed by atoms with E-state index in [1.165, 1.54) is 17.0 Å². The summed E-state index contributed by atoms with van der Waals surface area (Å²) >= 11 is 3.22. The first-order chi connectivity index (χ1) is 8.47. The van der Waals surface area contributed by atoms with E-state index >= 15 is 0 Å². The van der Waals surface area contributed by atoms with Gasteiger partial charge in [0, 0.05) is 24.0 Å². The molecule has 6 heteroatoms.